The summed E-state index contributed by atoms with van der Waals surface area (Å²) in [6.07, 6.45) is 0. The molecule has 6 nitrogen and oxygen atoms in total. The molecule has 2 aromatic rings. The first-order chi connectivity index (χ1) is 8.63. The largest absolute Gasteiger partial charge is 0.497 e. The van der Waals surface area contributed by atoms with Crippen molar-refractivity contribution >= 4 is 0 Å². The molecule has 0 saturated carbocycles. The maximum Gasteiger partial charge on any atom is 0.243 e. The van der Waals surface area contributed by atoms with Gasteiger partial charge in [-0.15, -0.1) is 0 Å². The number of methoxy groups -OCH3 is 2. The highest BCUT2D eigenvalue weighted by Gasteiger charge is 2.13. The summed E-state index contributed by atoms with van der Waals surface area (Å²) < 4.78 is 15.4. The Kier molecular flexibility index (Phi) is 3.47. The molecule has 0 spiro atoms. The van der Waals surface area contributed by atoms with Crippen molar-refractivity contribution in [2.45, 2.75) is 13.0 Å². The highest BCUT2D eigenvalue weighted by Crippen LogP contribution is 2.28. The molecule has 1 aromatic carbocycles. The van der Waals surface area contributed by atoms with E-state index < -0.39 is 0 Å². The van der Waals surface area contributed by atoms with Crippen LogP contribution in [0.1, 0.15) is 18.9 Å². The molecule has 6 heteroatoms. The fourth-order valence-electron chi connectivity index (χ4n) is 1.47. The summed E-state index contributed by atoms with van der Waals surface area (Å²) in [5.41, 5.74) is 6.42. The molecule has 2 N–H and O–H groups in total. The average Bonchev–Trinajstić information content (AvgIpc) is 2.87. The molecule has 0 unspecified atom stereocenters. The third-order valence-corrected chi connectivity index (χ3v) is 2.44. The third kappa shape index (κ3) is 2.43. The number of rotatable bonds is 4. The Morgan fingerprint density at radius 2 is 1.78 bits per heavy atom. The Morgan fingerprint density at radius 1 is 1.17 bits per heavy atom. The topological polar surface area (TPSA) is 83.4 Å². The SMILES string of the molecule is COc1cc(OC)cc(-c2noc([C@@H](C)N)n2)c1. The maximum atomic E-state index is 5.67. The van der Waals surface area contributed by atoms with Crippen molar-refractivity contribution in [3.63, 3.8) is 0 Å². The number of hydrogen-bond acceptors (Lipinski definition) is 6. The molecule has 2 rings (SSSR count). The van der Waals surface area contributed by atoms with Crippen LogP contribution in [-0.2, 0) is 0 Å². The van der Waals surface area contributed by atoms with Crippen LogP contribution in [0.5, 0.6) is 11.5 Å². The van der Waals surface area contributed by atoms with E-state index in [2.05, 4.69) is 10.1 Å². The first kappa shape index (κ1) is 12.4. The molecule has 0 radical (unpaired) electrons. The Labute approximate surface area is 105 Å². The molecule has 0 bridgehead atoms. The number of hydrogen-bond donors (Lipinski definition) is 1. The van der Waals surface area contributed by atoms with Crippen molar-refractivity contribution in [2.24, 2.45) is 5.73 Å². The van der Waals surface area contributed by atoms with Gasteiger partial charge in [0.1, 0.15) is 11.5 Å². The van der Waals surface area contributed by atoms with Gasteiger partial charge in [-0.1, -0.05) is 5.16 Å². The van der Waals surface area contributed by atoms with E-state index in [1.54, 1.807) is 39.3 Å². The molecule has 0 aliphatic heterocycles. The average molecular weight is 249 g/mol. The van der Waals surface area contributed by atoms with Crippen LogP contribution in [0.2, 0.25) is 0 Å². The molecule has 0 aliphatic carbocycles. The minimum atomic E-state index is -0.293. The van der Waals surface area contributed by atoms with E-state index in [1.807, 2.05) is 0 Å². The van der Waals surface area contributed by atoms with Gasteiger partial charge < -0.3 is 19.7 Å². The smallest absolute Gasteiger partial charge is 0.243 e. The minimum absolute atomic E-state index is 0.293. The summed E-state index contributed by atoms with van der Waals surface area (Å²) in [6, 6.07) is 5.09. The second-order valence-corrected chi connectivity index (χ2v) is 3.85. The number of benzene rings is 1. The predicted octanol–water partition coefficient (Wildman–Crippen LogP) is 1.77. The summed E-state index contributed by atoms with van der Waals surface area (Å²) in [7, 11) is 3.17. The molecule has 1 heterocycles. The summed E-state index contributed by atoms with van der Waals surface area (Å²) in [4.78, 5) is 4.22. The van der Waals surface area contributed by atoms with E-state index in [4.69, 9.17) is 19.7 Å². The highest BCUT2D eigenvalue weighted by molar-refractivity contribution is 5.60. The predicted molar refractivity (Wildman–Crippen MR) is 65.4 cm³/mol. The third-order valence-electron chi connectivity index (χ3n) is 2.44. The van der Waals surface area contributed by atoms with Gasteiger partial charge in [0.2, 0.25) is 11.7 Å². The lowest BCUT2D eigenvalue weighted by Crippen LogP contribution is -2.04. The van der Waals surface area contributed by atoms with Crippen LogP contribution in [0, 0.1) is 0 Å². The molecule has 0 fully saturated rings. The second-order valence-electron chi connectivity index (χ2n) is 3.85. The van der Waals surface area contributed by atoms with Gasteiger partial charge in [0.25, 0.3) is 0 Å². The van der Waals surface area contributed by atoms with Gasteiger partial charge in [-0.25, -0.2) is 0 Å². The van der Waals surface area contributed by atoms with Crippen molar-refractivity contribution in [1.29, 1.82) is 0 Å². The van der Waals surface area contributed by atoms with Crippen LogP contribution in [0.3, 0.4) is 0 Å². The van der Waals surface area contributed by atoms with Crippen molar-refractivity contribution in [1.82, 2.24) is 10.1 Å². The van der Waals surface area contributed by atoms with Gasteiger partial charge >= 0.3 is 0 Å². The van der Waals surface area contributed by atoms with E-state index in [-0.39, 0.29) is 6.04 Å². The standard InChI is InChI=1S/C12H15N3O3/c1-7(13)12-14-11(15-18-12)8-4-9(16-2)6-10(5-8)17-3/h4-7H,13H2,1-3H3/t7-/m1/s1. The maximum absolute atomic E-state index is 5.67. The van der Waals surface area contributed by atoms with Crippen LogP contribution < -0.4 is 15.2 Å². The molecule has 0 amide bonds. The van der Waals surface area contributed by atoms with Crippen LogP contribution in [0.4, 0.5) is 0 Å². The summed E-state index contributed by atoms with van der Waals surface area (Å²) in [6.45, 7) is 1.78. The Balaban J connectivity index is 2.42. The zero-order chi connectivity index (χ0) is 13.1. The Hall–Kier alpha value is -2.08. The van der Waals surface area contributed by atoms with E-state index in [1.165, 1.54) is 0 Å². The first-order valence-electron chi connectivity index (χ1n) is 5.46. The van der Waals surface area contributed by atoms with Crippen LogP contribution in [0.15, 0.2) is 22.7 Å². The van der Waals surface area contributed by atoms with Crippen molar-refractivity contribution in [3.8, 4) is 22.9 Å². The number of ether oxygens (including phenoxy) is 2. The summed E-state index contributed by atoms with van der Waals surface area (Å²) in [5.74, 6) is 2.18. The molecule has 0 saturated heterocycles. The monoisotopic (exact) mass is 249 g/mol. The zero-order valence-electron chi connectivity index (χ0n) is 10.5. The number of nitrogens with zero attached hydrogens (tertiary/aromatic N) is 2. The van der Waals surface area contributed by atoms with Crippen molar-refractivity contribution in [3.05, 3.63) is 24.1 Å². The van der Waals surface area contributed by atoms with Gasteiger partial charge in [0, 0.05) is 11.6 Å². The lowest BCUT2D eigenvalue weighted by atomic mass is 10.2. The van der Waals surface area contributed by atoms with Gasteiger partial charge in [-0.05, 0) is 19.1 Å². The Bertz CT molecular complexity index is 515. The fourth-order valence-corrected chi connectivity index (χ4v) is 1.47. The summed E-state index contributed by atoms with van der Waals surface area (Å²) >= 11 is 0. The lowest BCUT2D eigenvalue weighted by molar-refractivity contribution is 0.362. The summed E-state index contributed by atoms with van der Waals surface area (Å²) in [5, 5.41) is 3.88. The van der Waals surface area contributed by atoms with Gasteiger partial charge in [0.15, 0.2) is 0 Å². The van der Waals surface area contributed by atoms with Crippen molar-refractivity contribution < 1.29 is 14.0 Å². The second kappa shape index (κ2) is 5.05. The molecule has 1 aromatic heterocycles. The molecule has 0 aliphatic rings. The van der Waals surface area contributed by atoms with E-state index >= 15 is 0 Å². The van der Waals surface area contributed by atoms with Gasteiger partial charge in [0.05, 0.1) is 20.3 Å². The molecule has 1 atom stereocenters. The van der Waals surface area contributed by atoms with Crippen molar-refractivity contribution in [2.75, 3.05) is 14.2 Å². The quantitative estimate of drug-likeness (QED) is 0.889. The normalized spacial score (nSPS) is 12.2. The highest BCUT2D eigenvalue weighted by atomic mass is 16.5. The van der Waals surface area contributed by atoms with Gasteiger partial charge in [-0.2, -0.15) is 4.98 Å². The minimum Gasteiger partial charge on any atom is -0.497 e. The molecular weight excluding hydrogens is 234 g/mol. The van der Waals surface area contributed by atoms with Gasteiger partial charge in [-0.3, -0.25) is 0 Å². The molecular formula is C12H15N3O3. The van der Waals surface area contributed by atoms with E-state index in [0.29, 0.717) is 23.2 Å². The first-order valence-corrected chi connectivity index (χ1v) is 5.46. The molecule has 18 heavy (non-hydrogen) atoms. The number of nitrogens with two attached hydrogens (primary N) is 1. The van der Waals surface area contributed by atoms with Crippen LogP contribution >= 0.6 is 0 Å². The lowest BCUT2D eigenvalue weighted by Gasteiger charge is -2.05. The van der Waals surface area contributed by atoms with Crippen LogP contribution in [0.25, 0.3) is 11.4 Å². The number of aromatic nitrogens is 2. The van der Waals surface area contributed by atoms with Crippen LogP contribution in [-0.4, -0.2) is 24.4 Å². The zero-order valence-corrected chi connectivity index (χ0v) is 10.5. The molecule has 96 valence electrons. The fraction of sp³-hybridized carbons (Fsp3) is 0.333. The Morgan fingerprint density at radius 3 is 2.22 bits per heavy atom. The van der Waals surface area contributed by atoms with E-state index in [9.17, 15) is 0 Å². The van der Waals surface area contributed by atoms with E-state index in [0.717, 1.165) is 5.56 Å².